The van der Waals surface area contributed by atoms with Crippen molar-refractivity contribution < 1.29 is 39.6 Å². The Labute approximate surface area is 198 Å². The van der Waals surface area contributed by atoms with Crippen LogP contribution < -0.4 is 4.72 Å². The number of amides is 1. The molecule has 3 aromatic rings. The van der Waals surface area contributed by atoms with Crippen LogP contribution in [0.25, 0.3) is 10.1 Å². The fraction of sp³-hybridized carbons (Fsp3) is 0.368. The number of nitrogens with one attached hydrogen (secondary N) is 1. The first-order chi connectivity index (χ1) is 15.7. The van der Waals surface area contributed by atoms with Crippen molar-refractivity contribution >= 4 is 49.0 Å². The van der Waals surface area contributed by atoms with Crippen molar-refractivity contribution in [3.63, 3.8) is 0 Å². The number of halogens is 7. The van der Waals surface area contributed by atoms with Crippen molar-refractivity contribution in [3.05, 3.63) is 51.4 Å². The van der Waals surface area contributed by atoms with Gasteiger partial charge in [0, 0.05) is 16.5 Å². The van der Waals surface area contributed by atoms with Gasteiger partial charge in [-0.1, -0.05) is 31.0 Å². The largest absolute Gasteiger partial charge is 0.516 e. The minimum absolute atomic E-state index is 0.116. The predicted molar refractivity (Wildman–Crippen MR) is 114 cm³/mol. The minimum Gasteiger partial charge on any atom is -0.318 e. The summed E-state index contributed by atoms with van der Waals surface area (Å²) in [4.78, 5) is 16.5. The van der Waals surface area contributed by atoms with Crippen molar-refractivity contribution in [2.75, 3.05) is 0 Å². The summed E-state index contributed by atoms with van der Waals surface area (Å²) in [6.07, 6.45) is -3.31. The van der Waals surface area contributed by atoms with Gasteiger partial charge < -0.3 is 4.57 Å². The Kier molecular flexibility index (Phi) is 7.25. The second kappa shape index (κ2) is 9.38. The highest BCUT2D eigenvalue weighted by Crippen LogP contribution is 2.39. The zero-order chi connectivity index (χ0) is 25.5. The number of aromatic nitrogens is 2. The van der Waals surface area contributed by atoms with Gasteiger partial charge >= 0.3 is 21.7 Å². The van der Waals surface area contributed by atoms with E-state index in [1.807, 2.05) is 6.92 Å². The zero-order valence-corrected chi connectivity index (χ0v) is 19.6. The third-order valence-corrected chi connectivity index (χ3v) is 7.14. The number of thiophene rings is 1. The highest BCUT2D eigenvalue weighted by Gasteiger charge is 2.47. The third kappa shape index (κ3) is 5.18. The van der Waals surface area contributed by atoms with Gasteiger partial charge in [0.15, 0.2) is 5.15 Å². The van der Waals surface area contributed by atoms with E-state index in [2.05, 4.69) is 4.98 Å². The molecule has 1 aromatic carbocycles. The van der Waals surface area contributed by atoms with Gasteiger partial charge in [0.25, 0.3) is 5.91 Å². The number of nitrogens with zero attached hydrogens (tertiary/aromatic N) is 2. The molecular formula is C19H16ClF6N3O3S2. The number of unbranched alkanes of at least 4 members (excludes halogenated alkanes) is 1. The molecule has 6 nitrogen and oxygen atoms in total. The van der Waals surface area contributed by atoms with E-state index in [0.717, 1.165) is 26.7 Å². The molecule has 34 heavy (non-hydrogen) atoms. The molecule has 3 rings (SSSR count). The van der Waals surface area contributed by atoms with Crippen LogP contribution in [0.4, 0.5) is 26.3 Å². The Morgan fingerprint density at radius 1 is 1.21 bits per heavy atom. The molecule has 0 aliphatic carbocycles. The standard InChI is InChI=1S/C19H16ClF6N3O3S2/c1-2-3-7-13-27-16(20)15(17(30)28-34(31,32)19(24,25)26)29(13)8-10-9-33-12-6-4-5-11(14(10)12)18(21,22)23/h4-6,9H,2-3,7-8H2,1H3,(H,28,30). The number of imidazole rings is 1. The fourth-order valence-corrected chi connectivity index (χ4v) is 5.00. The Morgan fingerprint density at radius 2 is 1.88 bits per heavy atom. The number of carbonyl (C=O) groups is 1. The Balaban J connectivity index is 2.14. The lowest BCUT2D eigenvalue weighted by molar-refractivity contribution is -0.136. The Morgan fingerprint density at radius 3 is 2.47 bits per heavy atom. The van der Waals surface area contributed by atoms with Gasteiger partial charge in [0.1, 0.15) is 11.5 Å². The lowest BCUT2D eigenvalue weighted by Gasteiger charge is -2.15. The molecule has 0 aliphatic rings. The van der Waals surface area contributed by atoms with Crippen LogP contribution in [0, 0.1) is 0 Å². The molecule has 0 saturated carbocycles. The van der Waals surface area contributed by atoms with E-state index in [4.69, 9.17) is 11.6 Å². The molecule has 0 radical (unpaired) electrons. The lowest BCUT2D eigenvalue weighted by atomic mass is 10.1. The molecule has 0 spiro atoms. The van der Waals surface area contributed by atoms with Crippen LogP contribution in [0.5, 0.6) is 0 Å². The van der Waals surface area contributed by atoms with Gasteiger partial charge in [0.2, 0.25) is 0 Å². The summed E-state index contributed by atoms with van der Waals surface area (Å²) in [5.41, 5.74) is -7.28. The number of rotatable bonds is 7. The van der Waals surface area contributed by atoms with Crippen LogP contribution in [0.2, 0.25) is 5.15 Å². The van der Waals surface area contributed by atoms with Gasteiger partial charge in [-0.05, 0) is 29.5 Å². The van der Waals surface area contributed by atoms with Crippen LogP contribution in [-0.4, -0.2) is 29.4 Å². The van der Waals surface area contributed by atoms with Gasteiger partial charge in [-0.2, -0.15) is 34.8 Å². The summed E-state index contributed by atoms with van der Waals surface area (Å²) in [5.74, 6) is -1.58. The van der Waals surface area contributed by atoms with Gasteiger partial charge in [-0.25, -0.2) is 9.71 Å². The molecule has 2 aromatic heterocycles. The van der Waals surface area contributed by atoms with Crippen molar-refractivity contribution in [1.82, 2.24) is 14.3 Å². The second-order valence-corrected chi connectivity index (χ2v) is 10.1. The summed E-state index contributed by atoms with van der Waals surface area (Å²) in [6, 6.07) is 3.61. The number of aryl methyl sites for hydroxylation is 1. The summed E-state index contributed by atoms with van der Waals surface area (Å²) >= 11 is 6.99. The number of sulfonamides is 1. The highest BCUT2D eigenvalue weighted by atomic mass is 35.5. The SMILES string of the molecule is CCCCc1nc(Cl)c(C(=O)NS(=O)(=O)C(F)(F)F)n1Cc1csc2cccc(C(F)(F)F)c12. The topological polar surface area (TPSA) is 81.1 Å². The van der Waals surface area contributed by atoms with Gasteiger partial charge in [-0.15, -0.1) is 11.3 Å². The maximum absolute atomic E-state index is 13.6. The van der Waals surface area contributed by atoms with E-state index in [-0.39, 0.29) is 23.2 Å². The predicted octanol–water partition coefficient (Wildman–Crippen LogP) is 5.74. The number of hydrogen-bond donors (Lipinski definition) is 1. The van der Waals surface area contributed by atoms with E-state index in [0.29, 0.717) is 17.5 Å². The Bertz CT molecular complexity index is 1330. The summed E-state index contributed by atoms with van der Waals surface area (Å²) < 4.78 is 104. The van der Waals surface area contributed by atoms with Crippen LogP contribution in [0.3, 0.4) is 0 Å². The van der Waals surface area contributed by atoms with Gasteiger partial charge in [-0.3, -0.25) is 4.79 Å². The molecule has 186 valence electrons. The van der Waals surface area contributed by atoms with E-state index < -0.39 is 50.6 Å². The van der Waals surface area contributed by atoms with Crippen molar-refractivity contribution in [1.29, 1.82) is 0 Å². The van der Waals surface area contributed by atoms with E-state index in [1.165, 1.54) is 17.5 Å². The van der Waals surface area contributed by atoms with Crippen LogP contribution in [0.1, 0.15) is 47.2 Å². The molecular weight excluding hydrogens is 532 g/mol. The molecule has 2 heterocycles. The highest BCUT2D eigenvalue weighted by molar-refractivity contribution is 7.90. The number of alkyl halides is 6. The smallest absolute Gasteiger partial charge is 0.318 e. The molecule has 0 saturated heterocycles. The summed E-state index contributed by atoms with van der Waals surface area (Å²) in [6.45, 7) is 1.43. The quantitative estimate of drug-likeness (QED) is 0.383. The number of hydrogen-bond acceptors (Lipinski definition) is 5. The van der Waals surface area contributed by atoms with E-state index >= 15 is 0 Å². The zero-order valence-electron chi connectivity index (χ0n) is 17.2. The van der Waals surface area contributed by atoms with Crippen molar-refractivity contribution in [2.45, 2.75) is 44.4 Å². The average Bonchev–Trinajstić information content (AvgIpc) is 3.25. The first-order valence-corrected chi connectivity index (χ1v) is 12.4. The fourth-order valence-electron chi connectivity index (χ4n) is 3.28. The monoisotopic (exact) mass is 547 g/mol. The van der Waals surface area contributed by atoms with Crippen LogP contribution in [0.15, 0.2) is 23.6 Å². The lowest BCUT2D eigenvalue weighted by Crippen LogP contribution is -2.41. The molecule has 0 aliphatic heterocycles. The molecule has 15 heteroatoms. The number of carbonyl (C=O) groups excluding carboxylic acids is 1. The molecule has 0 atom stereocenters. The van der Waals surface area contributed by atoms with E-state index in [9.17, 15) is 39.6 Å². The molecule has 0 bridgehead atoms. The first-order valence-electron chi connectivity index (χ1n) is 9.62. The first kappa shape index (κ1) is 26.3. The van der Waals surface area contributed by atoms with Gasteiger partial charge in [0.05, 0.1) is 12.1 Å². The van der Waals surface area contributed by atoms with Crippen LogP contribution >= 0.6 is 22.9 Å². The normalized spacial score (nSPS) is 12.9. The number of fused-ring (bicyclic) bond motifs is 1. The third-order valence-electron chi connectivity index (χ3n) is 4.81. The maximum Gasteiger partial charge on any atom is 0.516 e. The van der Waals surface area contributed by atoms with Crippen molar-refractivity contribution in [3.8, 4) is 0 Å². The average molecular weight is 548 g/mol. The summed E-state index contributed by atoms with van der Waals surface area (Å²) in [5, 5.41) is 0.711. The molecule has 1 amide bonds. The van der Waals surface area contributed by atoms with E-state index in [1.54, 1.807) is 0 Å². The minimum atomic E-state index is -6.06. The molecule has 1 N–H and O–H groups in total. The maximum atomic E-state index is 13.6. The van der Waals surface area contributed by atoms with Crippen molar-refractivity contribution in [2.24, 2.45) is 0 Å². The second-order valence-electron chi connectivity index (χ2n) is 7.17. The molecule has 0 fully saturated rings. The van der Waals surface area contributed by atoms with Crippen LogP contribution in [-0.2, 0) is 29.2 Å². The summed E-state index contributed by atoms with van der Waals surface area (Å²) in [7, 11) is -6.06. The Hall–Kier alpha value is -2.32. The molecule has 0 unspecified atom stereocenters. The number of benzene rings is 1.